The van der Waals surface area contributed by atoms with Gasteiger partial charge in [0.05, 0.1) is 26.2 Å². The number of rotatable bonds is 0. The van der Waals surface area contributed by atoms with Crippen LogP contribution in [0, 0.1) is 0 Å². The Hall–Kier alpha value is -2.28. The van der Waals surface area contributed by atoms with E-state index in [0.717, 1.165) is 53.9 Å². The summed E-state index contributed by atoms with van der Waals surface area (Å²) in [7, 11) is 0. The van der Waals surface area contributed by atoms with E-state index in [1.807, 2.05) is 27.7 Å². The van der Waals surface area contributed by atoms with Gasteiger partial charge in [-0.15, -0.1) is 0 Å². The van der Waals surface area contributed by atoms with Crippen LogP contribution in [0.15, 0.2) is 0 Å². The Kier molecular flexibility index (Phi) is 132. The van der Waals surface area contributed by atoms with Gasteiger partial charge >= 0.3 is 0 Å². The second-order valence-corrected chi connectivity index (χ2v) is 3.97. The zero-order chi connectivity index (χ0) is 25.1. The topological polar surface area (TPSA) is 271 Å². The molecule has 0 aromatic rings. The van der Waals surface area contributed by atoms with E-state index < -0.39 is 23.9 Å². The summed E-state index contributed by atoms with van der Waals surface area (Å²) in [5.74, 6) is -4.33. The average Bonchev–Trinajstić information content (AvgIpc) is 2.38. The Morgan fingerprint density at radius 3 is 0.464 bits per heavy atom. The lowest BCUT2D eigenvalue weighted by Gasteiger charge is -1.77. The second kappa shape index (κ2) is 73.9. The van der Waals surface area contributed by atoms with Crippen molar-refractivity contribution in [3.63, 3.8) is 0 Å². The van der Waals surface area contributed by atoms with E-state index in [0.29, 0.717) is 0 Å². The van der Waals surface area contributed by atoms with Crippen LogP contribution in [0.5, 0.6) is 0 Å². The summed E-state index contributed by atoms with van der Waals surface area (Å²) in [4.78, 5) is 35.6. The predicted octanol–water partition coefficient (Wildman–Crippen LogP) is -7.98. The highest BCUT2D eigenvalue weighted by Gasteiger charge is 1.47. The Balaban J connectivity index is -0.0000000273. The maximum absolute atomic E-state index is 8.89. The van der Waals surface area contributed by atoms with Crippen LogP contribution in [-0.2, 0) is 19.2 Å². The number of hydrogen-bond donors (Lipinski definition) is 4. The highest BCUT2D eigenvalue weighted by molar-refractivity contribution is 5.61. The van der Waals surface area contributed by atoms with Crippen LogP contribution in [-0.4, -0.2) is 50.1 Å². The molecule has 0 saturated heterocycles. The van der Waals surface area contributed by atoms with E-state index in [1.54, 1.807) is 0 Å². The maximum atomic E-state index is 8.89. The first-order valence-electron chi connectivity index (χ1n) is 8.46. The standard InChI is InChI=1S/4C2H7N.4C2H4O2/c4*1-2-3;4*1-2(3)4/h4*2-3H2,1H3;4*1H3,(H,3,4). The fraction of sp³-hybridized carbons (Fsp3) is 0.750. The summed E-state index contributed by atoms with van der Waals surface area (Å²) in [6, 6.07) is 0. The molecule has 0 radical (unpaired) electrons. The molecule has 12 nitrogen and oxygen atoms in total. The lowest BCUT2D eigenvalue weighted by atomic mass is 10.8. The van der Waals surface area contributed by atoms with E-state index in [-0.39, 0.29) is 0 Å². The maximum Gasteiger partial charge on any atom is 0.0711 e. The zero-order valence-electron chi connectivity index (χ0n) is 18.9. The molecular formula is C16H44N4O8. The number of carbonyl (C=O) groups is 4. The highest BCUT2D eigenvalue weighted by atomic mass is 16.4. The van der Waals surface area contributed by atoms with E-state index in [2.05, 4.69) is 22.9 Å². The molecule has 0 rings (SSSR count). The molecule has 28 heavy (non-hydrogen) atoms. The molecule has 176 valence electrons. The van der Waals surface area contributed by atoms with Crippen molar-refractivity contribution in [1.29, 1.82) is 0 Å². The van der Waals surface area contributed by atoms with Gasteiger partial charge in [0.2, 0.25) is 0 Å². The third-order valence-corrected chi connectivity index (χ3v) is 0. The van der Waals surface area contributed by atoms with Gasteiger partial charge in [-0.1, -0.05) is 0 Å². The molecule has 0 bridgehead atoms. The normalized spacial score (nSPS) is 6.14. The number of carboxylic acid groups (broad SMARTS) is 4. The lowest BCUT2D eigenvalue weighted by Crippen LogP contribution is -2.48. The highest BCUT2D eigenvalue weighted by Crippen LogP contribution is 1.32. The van der Waals surface area contributed by atoms with Gasteiger partial charge in [0.25, 0.3) is 0 Å². The molecule has 0 amide bonds. The van der Waals surface area contributed by atoms with E-state index in [4.69, 9.17) is 39.6 Å². The molecule has 0 saturated carbocycles. The minimum atomic E-state index is -1.08. The Morgan fingerprint density at radius 1 is 0.464 bits per heavy atom. The Morgan fingerprint density at radius 2 is 0.464 bits per heavy atom. The van der Waals surface area contributed by atoms with Crippen molar-refractivity contribution in [2.24, 2.45) is 0 Å². The molecule has 0 aliphatic heterocycles. The van der Waals surface area contributed by atoms with Gasteiger partial charge in [-0.3, -0.25) is 0 Å². The molecule has 0 aromatic carbocycles. The number of carboxylic acids is 4. The van der Waals surface area contributed by atoms with Gasteiger partial charge in [-0.25, -0.2) is 0 Å². The van der Waals surface area contributed by atoms with Crippen LogP contribution in [0.25, 0.3) is 0 Å². The predicted molar refractivity (Wildman–Crippen MR) is 96.4 cm³/mol. The van der Waals surface area contributed by atoms with Crippen molar-refractivity contribution < 1.29 is 62.5 Å². The molecule has 0 heterocycles. The first-order chi connectivity index (χ1) is 12.6. The SMILES string of the molecule is CC(=O)[O-].CC(=O)[O-].CC(=O)[O-].CC(=O)[O-].CC[NH3+].CC[NH3+].CC[NH3+].CC[NH3+]. The minimum absolute atomic E-state index is 0.972. The molecule has 0 atom stereocenters. The van der Waals surface area contributed by atoms with Crippen LogP contribution in [0.1, 0.15) is 55.4 Å². The van der Waals surface area contributed by atoms with Gasteiger partial charge in [0, 0.05) is 23.9 Å². The van der Waals surface area contributed by atoms with Crippen LogP contribution < -0.4 is 43.4 Å². The summed E-state index contributed by atoms with van der Waals surface area (Å²) in [6.45, 7) is 15.9. The summed E-state index contributed by atoms with van der Waals surface area (Å²) < 4.78 is 0. The van der Waals surface area contributed by atoms with Crippen LogP contribution in [0.4, 0.5) is 0 Å². The minimum Gasteiger partial charge on any atom is -0.550 e. The van der Waals surface area contributed by atoms with Crippen molar-refractivity contribution in [3.05, 3.63) is 0 Å². The first-order valence-corrected chi connectivity index (χ1v) is 8.46. The number of carbonyl (C=O) groups excluding carboxylic acids is 4. The molecule has 0 unspecified atom stereocenters. The van der Waals surface area contributed by atoms with Gasteiger partial charge in [-0.05, 0) is 55.4 Å². The fourth-order valence-corrected chi connectivity index (χ4v) is 0. The summed E-state index contributed by atoms with van der Waals surface area (Å²) >= 11 is 0. The summed E-state index contributed by atoms with van der Waals surface area (Å²) in [5.41, 5.74) is 13.9. The van der Waals surface area contributed by atoms with Crippen LogP contribution >= 0.6 is 0 Å². The molecule has 0 aliphatic rings. The summed E-state index contributed by atoms with van der Waals surface area (Å²) in [5, 5.41) is 35.6. The quantitative estimate of drug-likeness (QED) is 0.291. The average molecular weight is 421 g/mol. The third kappa shape index (κ3) is 2360. The number of hydrogen-bond acceptors (Lipinski definition) is 8. The smallest absolute Gasteiger partial charge is 0.0711 e. The van der Waals surface area contributed by atoms with E-state index in [1.165, 1.54) is 0 Å². The number of quaternary nitrogens is 4. The van der Waals surface area contributed by atoms with Crippen molar-refractivity contribution in [1.82, 2.24) is 0 Å². The van der Waals surface area contributed by atoms with Gasteiger partial charge in [-0.2, -0.15) is 0 Å². The Bertz CT molecular complexity index is 220. The van der Waals surface area contributed by atoms with E-state index in [9.17, 15) is 0 Å². The lowest BCUT2D eigenvalue weighted by molar-refractivity contribution is -0.362. The second-order valence-electron chi connectivity index (χ2n) is 3.97. The fourth-order valence-electron chi connectivity index (χ4n) is 0. The molecule has 0 fully saturated rings. The zero-order valence-corrected chi connectivity index (χ0v) is 18.9. The van der Waals surface area contributed by atoms with Crippen molar-refractivity contribution >= 4 is 23.9 Å². The Labute approximate surface area is 168 Å². The molecule has 0 aliphatic carbocycles. The first kappa shape index (κ1) is 50.1. The van der Waals surface area contributed by atoms with E-state index >= 15 is 0 Å². The monoisotopic (exact) mass is 420 g/mol. The van der Waals surface area contributed by atoms with Gasteiger partial charge in [0.1, 0.15) is 0 Å². The molecule has 12 heteroatoms. The van der Waals surface area contributed by atoms with Crippen molar-refractivity contribution in [3.8, 4) is 0 Å². The van der Waals surface area contributed by atoms with Crippen LogP contribution in [0.3, 0.4) is 0 Å². The van der Waals surface area contributed by atoms with Crippen LogP contribution in [0.2, 0.25) is 0 Å². The summed E-state index contributed by atoms with van der Waals surface area (Å²) in [6.07, 6.45) is 0. The number of aliphatic carboxylic acids is 4. The largest absolute Gasteiger partial charge is 0.550 e. The molecule has 0 spiro atoms. The van der Waals surface area contributed by atoms with Crippen molar-refractivity contribution in [2.75, 3.05) is 26.2 Å². The third-order valence-electron chi connectivity index (χ3n) is 0. The van der Waals surface area contributed by atoms with Gasteiger partial charge in [0.15, 0.2) is 0 Å². The van der Waals surface area contributed by atoms with Gasteiger partial charge < -0.3 is 62.5 Å². The van der Waals surface area contributed by atoms with Crippen molar-refractivity contribution in [2.45, 2.75) is 55.4 Å². The molecule has 0 aromatic heterocycles. The molecule has 12 N–H and O–H groups in total. The molecular weight excluding hydrogens is 376 g/mol.